The summed E-state index contributed by atoms with van der Waals surface area (Å²) in [7, 11) is 1.65. The van der Waals surface area contributed by atoms with Crippen molar-refractivity contribution in [2.45, 2.75) is 20.4 Å². The number of hydrogen-bond acceptors (Lipinski definition) is 6. The van der Waals surface area contributed by atoms with Gasteiger partial charge in [0.1, 0.15) is 24.0 Å². The largest absolute Gasteiger partial charge is 0.497 e. The summed E-state index contributed by atoms with van der Waals surface area (Å²) in [6.45, 7) is 6.65. The zero-order valence-electron chi connectivity index (χ0n) is 20.1. The molecule has 4 aromatic rings. The van der Waals surface area contributed by atoms with Crippen LogP contribution in [0.2, 0.25) is 0 Å². The van der Waals surface area contributed by atoms with Crippen LogP contribution in [-0.4, -0.2) is 63.4 Å². The number of ether oxygens (including phenoxy) is 1. The maximum atomic E-state index is 13.1. The number of benzene rings is 2. The summed E-state index contributed by atoms with van der Waals surface area (Å²) < 4.78 is 8.26. The summed E-state index contributed by atoms with van der Waals surface area (Å²) in [6.07, 6.45) is 2.97. The third-order valence-electron chi connectivity index (χ3n) is 6.38. The second kappa shape index (κ2) is 9.25. The highest BCUT2D eigenvalue weighted by Gasteiger charge is 2.22. The minimum absolute atomic E-state index is 0.0426. The van der Waals surface area contributed by atoms with Gasteiger partial charge in [-0.05, 0) is 61.4 Å². The van der Waals surface area contributed by atoms with Crippen LogP contribution in [0, 0.1) is 13.8 Å². The first kappa shape index (κ1) is 22.6. The van der Waals surface area contributed by atoms with Crippen LogP contribution in [0.1, 0.15) is 11.1 Å². The Morgan fingerprint density at radius 2 is 1.66 bits per heavy atom. The first-order valence-corrected chi connectivity index (χ1v) is 11.6. The van der Waals surface area contributed by atoms with E-state index >= 15 is 0 Å². The van der Waals surface area contributed by atoms with E-state index < -0.39 is 0 Å². The average Bonchev–Trinajstić information content (AvgIpc) is 3.30. The van der Waals surface area contributed by atoms with Crippen LogP contribution in [0.15, 0.2) is 59.8 Å². The SMILES string of the molecule is COc1ccc(N2CCN(C(=O)Cn3cnc4c(cnn4-c4cc(C)cc(C)c4)c3=O)CC2)cc1. The molecular weight excluding hydrogens is 444 g/mol. The van der Waals surface area contributed by atoms with Gasteiger partial charge in [0, 0.05) is 31.9 Å². The van der Waals surface area contributed by atoms with E-state index in [1.54, 1.807) is 16.7 Å². The number of hydrogen-bond donors (Lipinski definition) is 0. The number of carbonyl (C=O) groups excluding carboxylic acids is 1. The predicted molar refractivity (Wildman–Crippen MR) is 134 cm³/mol. The molecule has 0 N–H and O–H groups in total. The number of piperazine rings is 1. The van der Waals surface area contributed by atoms with Crippen molar-refractivity contribution in [3.8, 4) is 11.4 Å². The molecule has 0 radical (unpaired) electrons. The van der Waals surface area contributed by atoms with E-state index in [0.29, 0.717) is 24.1 Å². The minimum atomic E-state index is -0.268. The van der Waals surface area contributed by atoms with Gasteiger partial charge in [-0.3, -0.25) is 14.2 Å². The lowest BCUT2D eigenvalue weighted by atomic mass is 10.1. The number of anilines is 1. The number of methoxy groups -OCH3 is 1. The van der Waals surface area contributed by atoms with Crippen molar-refractivity contribution in [2.24, 2.45) is 0 Å². The Kier molecular flexibility index (Phi) is 5.98. The molecule has 1 aliphatic heterocycles. The van der Waals surface area contributed by atoms with E-state index in [1.165, 1.54) is 17.1 Å². The highest BCUT2D eigenvalue weighted by Crippen LogP contribution is 2.21. The van der Waals surface area contributed by atoms with Crippen molar-refractivity contribution in [2.75, 3.05) is 38.2 Å². The van der Waals surface area contributed by atoms with Gasteiger partial charge >= 0.3 is 0 Å². The van der Waals surface area contributed by atoms with Crippen molar-refractivity contribution in [3.05, 3.63) is 76.5 Å². The minimum Gasteiger partial charge on any atom is -0.497 e. The lowest BCUT2D eigenvalue weighted by Crippen LogP contribution is -2.50. The van der Waals surface area contributed by atoms with Gasteiger partial charge in [0.05, 0.1) is 19.0 Å². The molecule has 0 bridgehead atoms. The number of rotatable bonds is 5. The zero-order valence-corrected chi connectivity index (χ0v) is 20.1. The molecule has 0 atom stereocenters. The molecule has 9 nitrogen and oxygen atoms in total. The van der Waals surface area contributed by atoms with E-state index in [-0.39, 0.29) is 18.0 Å². The monoisotopic (exact) mass is 472 g/mol. The van der Waals surface area contributed by atoms with Gasteiger partial charge in [-0.2, -0.15) is 5.10 Å². The van der Waals surface area contributed by atoms with Crippen molar-refractivity contribution >= 4 is 22.6 Å². The van der Waals surface area contributed by atoms with Crippen molar-refractivity contribution in [3.63, 3.8) is 0 Å². The fourth-order valence-corrected chi connectivity index (χ4v) is 4.58. The third-order valence-corrected chi connectivity index (χ3v) is 6.38. The molecule has 0 saturated carbocycles. The van der Waals surface area contributed by atoms with E-state index in [4.69, 9.17) is 4.74 Å². The molecule has 180 valence electrons. The molecule has 2 aromatic heterocycles. The summed E-state index contributed by atoms with van der Waals surface area (Å²) in [5.74, 6) is 0.724. The van der Waals surface area contributed by atoms with Crippen LogP contribution in [0.3, 0.4) is 0 Å². The Labute approximate surface area is 203 Å². The van der Waals surface area contributed by atoms with Crippen LogP contribution in [0.4, 0.5) is 5.69 Å². The lowest BCUT2D eigenvalue weighted by Gasteiger charge is -2.36. The molecular formula is C26H28N6O3. The topological polar surface area (TPSA) is 85.5 Å². The molecule has 3 heterocycles. The van der Waals surface area contributed by atoms with Crippen molar-refractivity contribution in [1.29, 1.82) is 0 Å². The summed E-state index contributed by atoms with van der Waals surface area (Å²) in [6, 6.07) is 14.0. The quantitative estimate of drug-likeness (QED) is 0.444. The molecule has 1 fully saturated rings. The molecule has 9 heteroatoms. The Balaban J connectivity index is 1.28. The second-order valence-corrected chi connectivity index (χ2v) is 8.88. The molecule has 2 aromatic carbocycles. The van der Waals surface area contributed by atoms with Gasteiger partial charge in [-0.25, -0.2) is 9.67 Å². The van der Waals surface area contributed by atoms with Gasteiger partial charge in [-0.15, -0.1) is 0 Å². The van der Waals surface area contributed by atoms with Crippen LogP contribution in [-0.2, 0) is 11.3 Å². The van der Waals surface area contributed by atoms with Gasteiger partial charge < -0.3 is 14.5 Å². The summed E-state index contributed by atoms with van der Waals surface area (Å²) in [5.41, 5.74) is 4.38. The molecule has 0 spiro atoms. The molecule has 0 unspecified atom stereocenters. The molecule has 35 heavy (non-hydrogen) atoms. The fourth-order valence-electron chi connectivity index (χ4n) is 4.58. The van der Waals surface area contributed by atoms with Gasteiger partial charge in [0.2, 0.25) is 5.91 Å². The first-order chi connectivity index (χ1) is 16.9. The Hall–Kier alpha value is -4.14. The van der Waals surface area contributed by atoms with Gasteiger partial charge in [0.25, 0.3) is 5.56 Å². The van der Waals surface area contributed by atoms with Crippen molar-refractivity contribution < 1.29 is 9.53 Å². The maximum Gasteiger partial charge on any atom is 0.264 e. The van der Waals surface area contributed by atoms with E-state index in [0.717, 1.165) is 41.3 Å². The third kappa shape index (κ3) is 4.49. The number of amides is 1. The highest BCUT2D eigenvalue weighted by atomic mass is 16.5. The normalized spacial score (nSPS) is 13.9. The standard InChI is InChI=1S/C26H28N6O3/c1-18-12-19(2)14-21(13-18)32-25-23(15-28-32)26(34)31(17-27-25)16-24(33)30-10-8-29(9-11-30)20-4-6-22(35-3)7-5-20/h4-7,12-15,17H,8-11,16H2,1-3H3. The number of fused-ring (bicyclic) bond motifs is 1. The number of aromatic nitrogens is 4. The first-order valence-electron chi connectivity index (χ1n) is 11.6. The zero-order chi connectivity index (χ0) is 24.5. The molecule has 5 rings (SSSR count). The Morgan fingerprint density at radius 1 is 0.971 bits per heavy atom. The summed E-state index contributed by atoms with van der Waals surface area (Å²) in [5, 5.41) is 4.79. The molecule has 1 saturated heterocycles. The maximum absolute atomic E-state index is 13.1. The summed E-state index contributed by atoms with van der Waals surface area (Å²) >= 11 is 0. The van der Waals surface area contributed by atoms with E-state index in [2.05, 4.69) is 21.0 Å². The van der Waals surface area contributed by atoms with Crippen LogP contribution in [0.25, 0.3) is 16.7 Å². The van der Waals surface area contributed by atoms with Crippen molar-refractivity contribution in [1.82, 2.24) is 24.2 Å². The van der Waals surface area contributed by atoms with Gasteiger partial charge in [0.15, 0.2) is 5.65 Å². The highest BCUT2D eigenvalue weighted by molar-refractivity contribution is 5.78. The van der Waals surface area contributed by atoms with E-state index in [1.807, 2.05) is 50.2 Å². The van der Waals surface area contributed by atoms with Gasteiger partial charge in [-0.1, -0.05) is 6.07 Å². The predicted octanol–water partition coefficient (Wildman–Crippen LogP) is 2.56. The molecule has 1 aliphatic rings. The second-order valence-electron chi connectivity index (χ2n) is 8.88. The molecule has 0 aliphatic carbocycles. The van der Waals surface area contributed by atoms with Crippen LogP contribution < -0.4 is 15.2 Å². The number of aryl methyl sites for hydroxylation is 2. The lowest BCUT2D eigenvalue weighted by molar-refractivity contribution is -0.132. The average molecular weight is 473 g/mol. The molecule has 1 amide bonds. The van der Waals surface area contributed by atoms with Crippen LogP contribution in [0.5, 0.6) is 5.75 Å². The summed E-state index contributed by atoms with van der Waals surface area (Å²) in [4.78, 5) is 34.6. The Morgan fingerprint density at radius 3 is 2.31 bits per heavy atom. The smallest absolute Gasteiger partial charge is 0.264 e. The Bertz CT molecular complexity index is 1410. The van der Waals surface area contributed by atoms with Crippen LogP contribution >= 0.6 is 0 Å². The number of nitrogens with zero attached hydrogens (tertiary/aromatic N) is 6. The number of carbonyl (C=O) groups is 1. The fraction of sp³-hybridized carbons (Fsp3) is 0.308. The van der Waals surface area contributed by atoms with E-state index in [9.17, 15) is 9.59 Å².